The average Bonchev–Trinajstić information content (AvgIpc) is 3.01. The highest BCUT2D eigenvalue weighted by Gasteiger charge is 2.18. The largest absolute Gasteiger partial charge is 0.351 e. The third kappa shape index (κ3) is 4.72. The lowest BCUT2D eigenvalue weighted by atomic mass is 10.1. The highest BCUT2D eigenvalue weighted by Crippen LogP contribution is 2.18. The van der Waals surface area contributed by atoms with E-state index in [9.17, 15) is 9.59 Å². The number of anilines is 1. The third-order valence-corrected chi connectivity index (χ3v) is 3.71. The van der Waals surface area contributed by atoms with E-state index in [-0.39, 0.29) is 24.2 Å². The molecule has 0 radical (unpaired) electrons. The Kier molecular flexibility index (Phi) is 7.60. The number of hydrogen-bond acceptors (Lipinski definition) is 6. The molecule has 0 bridgehead atoms. The maximum Gasteiger partial charge on any atom is 0.269 e. The molecule has 0 aliphatic carbocycles. The fraction of sp³-hybridized carbons (Fsp3) is 0.286. The summed E-state index contributed by atoms with van der Waals surface area (Å²) in [5.74, 6) is -0.592. The fourth-order valence-corrected chi connectivity index (χ4v) is 2.51. The van der Waals surface area contributed by atoms with Crippen LogP contribution in [0.4, 0.5) is 5.69 Å². The second-order valence-corrected chi connectivity index (χ2v) is 5.20. The van der Waals surface area contributed by atoms with Crippen molar-refractivity contribution in [3.63, 3.8) is 0 Å². The van der Waals surface area contributed by atoms with Gasteiger partial charge < -0.3 is 16.4 Å². The van der Waals surface area contributed by atoms with Gasteiger partial charge in [0, 0.05) is 13.1 Å². The molecule has 0 atom stereocenters. The first-order valence-electron chi connectivity index (χ1n) is 6.87. The van der Waals surface area contributed by atoms with Crippen molar-refractivity contribution in [2.24, 2.45) is 5.73 Å². The number of benzene rings is 1. The summed E-state index contributed by atoms with van der Waals surface area (Å²) in [4.78, 5) is 24.8. The van der Waals surface area contributed by atoms with Crippen LogP contribution in [0, 0.1) is 0 Å². The van der Waals surface area contributed by atoms with Gasteiger partial charge in [-0.2, -0.15) is 0 Å². The van der Waals surface area contributed by atoms with Crippen molar-refractivity contribution in [1.29, 1.82) is 0 Å². The first kappa shape index (κ1) is 19.0. The predicted molar refractivity (Wildman–Crippen MR) is 92.3 cm³/mol. The Bertz CT molecular complexity index is 677. The number of halogens is 1. The molecule has 23 heavy (non-hydrogen) atoms. The quantitative estimate of drug-likeness (QED) is 0.726. The molecule has 9 heteroatoms. The number of aryl methyl sites for hydroxylation is 1. The standard InChI is InChI=1S/C14H17N5O2S.ClH/c1-2-10-12(22-19-18-10)14(21)17-11-6-4-3-5-9(11)13(20)16-8-7-15;/h3-6H,2,7-8,15H2,1H3,(H,16,20)(H,17,21);1H. The van der Waals surface area contributed by atoms with Crippen molar-refractivity contribution in [1.82, 2.24) is 14.9 Å². The molecule has 0 unspecified atom stereocenters. The smallest absolute Gasteiger partial charge is 0.269 e. The Balaban J connectivity index is 0.00000264. The molecule has 2 rings (SSSR count). The number of carbonyl (C=O) groups is 2. The molecule has 124 valence electrons. The van der Waals surface area contributed by atoms with Crippen LogP contribution in [0.5, 0.6) is 0 Å². The van der Waals surface area contributed by atoms with Gasteiger partial charge in [-0.1, -0.05) is 23.5 Å². The number of nitrogens with zero attached hydrogens (tertiary/aromatic N) is 2. The lowest BCUT2D eigenvalue weighted by molar-refractivity contribution is 0.0955. The second kappa shape index (κ2) is 9.19. The maximum absolute atomic E-state index is 12.3. The van der Waals surface area contributed by atoms with Gasteiger partial charge in [0.1, 0.15) is 4.88 Å². The molecular weight excluding hydrogens is 338 g/mol. The van der Waals surface area contributed by atoms with Gasteiger partial charge in [-0.25, -0.2) is 0 Å². The number of rotatable bonds is 6. The van der Waals surface area contributed by atoms with E-state index in [1.165, 1.54) is 0 Å². The summed E-state index contributed by atoms with van der Waals surface area (Å²) in [5, 5.41) is 9.34. The first-order valence-corrected chi connectivity index (χ1v) is 7.64. The van der Waals surface area contributed by atoms with Crippen LogP contribution in [0.15, 0.2) is 24.3 Å². The van der Waals surface area contributed by atoms with E-state index >= 15 is 0 Å². The minimum Gasteiger partial charge on any atom is -0.351 e. The van der Waals surface area contributed by atoms with Crippen molar-refractivity contribution >= 4 is 41.4 Å². The molecule has 0 fully saturated rings. The van der Waals surface area contributed by atoms with Crippen LogP contribution in [0.25, 0.3) is 0 Å². The molecule has 1 aromatic heterocycles. The molecule has 1 aromatic carbocycles. The number of aromatic nitrogens is 2. The van der Waals surface area contributed by atoms with Crippen molar-refractivity contribution in [3.05, 3.63) is 40.4 Å². The van der Waals surface area contributed by atoms with Gasteiger partial charge >= 0.3 is 0 Å². The van der Waals surface area contributed by atoms with Crippen molar-refractivity contribution in [2.75, 3.05) is 18.4 Å². The highest BCUT2D eigenvalue weighted by molar-refractivity contribution is 7.08. The molecule has 2 aromatic rings. The van der Waals surface area contributed by atoms with Gasteiger partial charge in [0.15, 0.2) is 0 Å². The van der Waals surface area contributed by atoms with Crippen LogP contribution >= 0.6 is 23.9 Å². The first-order chi connectivity index (χ1) is 10.7. The van der Waals surface area contributed by atoms with Crippen LogP contribution in [0.1, 0.15) is 32.6 Å². The van der Waals surface area contributed by atoms with Gasteiger partial charge in [-0.15, -0.1) is 17.5 Å². The monoisotopic (exact) mass is 355 g/mol. The summed E-state index contributed by atoms with van der Waals surface area (Å²) in [7, 11) is 0. The number of carbonyl (C=O) groups excluding carboxylic acids is 2. The molecule has 1 heterocycles. The van der Waals surface area contributed by atoms with Crippen LogP contribution in [0.2, 0.25) is 0 Å². The number of para-hydroxylation sites is 1. The molecule has 7 nitrogen and oxygen atoms in total. The van der Waals surface area contributed by atoms with Gasteiger partial charge in [-0.3, -0.25) is 9.59 Å². The summed E-state index contributed by atoms with van der Waals surface area (Å²) in [6.45, 7) is 2.63. The van der Waals surface area contributed by atoms with Crippen LogP contribution in [-0.4, -0.2) is 34.5 Å². The summed E-state index contributed by atoms with van der Waals surface area (Å²) in [6, 6.07) is 6.81. The molecule has 0 aliphatic heterocycles. The number of amides is 2. The van der Waals surface area contributed by atoms with E-state index in [1.807, 2.05) is 6.92 Å². The van der Waals surface area contributed by atoms with Crippen molar-refractivity contribution < 1.29 is 9.59 Å². The minimum absolute atomic E-state index is 0. The van der Waals surface area contributed by atoms with E-state index in [0.717, 1.165) is 11.5 Å². The third-order valence-electron chi connectivity index (χ3n) is 2.95. The fourth-order valence-electron chi connectivity index (χ4n) is 1.86. The van der Waals surface area contributed by atoms with Gasteiger partial charge in [0.25, 0.3) is 11.8 Å². The molecule has 4 N–H and O–H groups in total. The lowest BCUT2D eigenvalue weighted by Crippen LogP contribution is -2.30. The van der Waals surface area contributed by atoms with Crippen LogP contribution in [0.3, 0.4) is 0 Å². The molecular formula is C14H18ClN5O2S. The normalized spacial score (nSPS) is 9.83. The van der Waals surface area contributed by atoms with E-state index in [0.29, 0.717) is 41.3 Å². The average molecular weight is 356 g/mol. The van der Waals surface area contributed by atoms with E-state index < -0.39 is 0 Å². The van der Waals surface area contributed by atoms with Crippen molar-refractivity contribution in [3.8, 4) is 0 Å². The van der Waals surface area contributed by atoms with E-state index in [1.54, 1.807) is 24.3 Å². The van der Waals surface area contributed by atoms with Gasteiger partial charge in [-0.05, 0) is 30.1 Å². The second-order valence-electron chi connectivity index (χ2n) is 4.45. The minimum atomic E-state index is -0.314. The van der Waals surface area contributed by atoms with Crippen molar-refractivity contribution in [2.45, 2.75) is 13.3 Å². The Morgan fingerprint density at radius 2 is 2.00 bits per heavy atom. The molecule has 2 amide bonds. The zero-order valence-electron chi connectivity index (χ0n) is 12.5. The number of nitrogens with one attached hydrogen (secondary N) is 2. The maximum atomic E-state index is 12.3. The lowest BCUT2D eigenvalue weighted by Gasteiger charge is -2.10. The zero-order chi connectivity index (χ0) is 15.9. The molecule has 0 spiro atoms. The number of hydrogen-bond donors (Lipinski definition) is 3. The van der Waals surface area contributed by atoms with Gasteiger partial charge in [0.05, 0.1) is 16.9 Å². The molecule has 0 aliphatic rings. The van der Waals surface area contributed by atoms with E-state index in [4.69, 9.17) is 5.73 Å². The highest BCUT2D eigenvalue weighted by atomic mass is 35.5. The van der Waals surface area contributed by atoms with Gasteiger partial charge in [0.2, 0.25) is 0 Å². The SMILES string of the molecule is CCc1nnsc1C(=O)Nc1ccccc1C(=O)NCCN.Cl. The summed E-state index contributed by atoms with van der Waals surface area (Å²) in [6.07, 6.45) is 0.623. The summed E-state index contributed by atoms with van der Waals surface area (Å²) >= 11 is 1.04. The van der Waals surface area contributed by atoms with Crippen LogP contribution in [-0.2, 0) is 6.42 Å². The van der Waals surface area contributed by atoms with E-state index in [2.05, 4.69) is 20.2 Å². The number of nitrogens with two attached hydrogens (primary N) is 1. The molecule has 0 saturated carbocycles. The Morgan fingerprint density at radius 3 is 2.70 bits per heavy atom. The summed E-state index contributed by atoms with van der Waals surface area (Å²) < 4.78 is 3.79. The predicted octanol–water partition coefficient (Wildman–Crippen LogP) is 1.46. The summed E-state index contributed by atoms with van der Waals surface area (Å²) in [5.41, 5.74) is 6.85. The Hall–Kier alpha value is -2.03. The van der Waals surface area contributed by atoms with Crippen LogP contribution < -0.4 is 16.4 Å². The topological polar surface area (TPSA) is 110 Å². The molecule has 0 saturated heterocycles. The Morgan fingerprint density at radius 1 is 1.26 bits per heavy atom. The Labute approximate surface area is 144 Å². The zero-order valence-corrected chi connectivity index (χ0v) is 14.2.